The molecule has 60 valence electrons. The summed E-state index contributed by atoms with van der Waals surface area (Å²) in [5, 5.41) is 3.49. The molecule has 0 spiro atoms. The van der Waals surface area contributed by atoms with Gasteiger partial charge in [0.2, 0.25) is 0 Å². The van der Waals surface area contributed by atoms with E-state index in [0.717, 1.165) is 6.54 Å². The number of rotatable bonds is 2. The van der Waals surface area contributed by atoms with Gasteiger partial charge in [-0.25, -0.2) is 0 Å². The van der Waals surface area contributed by atoms with Gasteiger partial charge in [-0.1, -0.05) is 13.3 Å². The maximum atomic E-state index is 5.56. The minimum Gasteiger partial charge on any atom is -0.330 e. The summed E-state index contributed by atoms with van der Waals surface area (Å²) in [4.78, 5) is 0. The number of hydrogen-bond donors (Lipinski definition) is 2. The van der Waals surface area contributed by atoms with E-state index in [1.807, 2.05) is 0 Å². The zero-order valence-electron chi connectivity index (χ0n) is 6.77. The van der Waals surface area contributed by atoms with Gasteiger partial charge in [0.25, 0.3) is 0 Å². The molecule has 1 fully saturated rings. The maximum Gasteiger partial charge on any atom is 0.0105 e. The van der Waals surface area contributed by atoms with Crippen LogP contribution in [0.15, 0.2) is 0 Å². The zero-order valence-corrected chi connectivity index (χ0v) is 6.77. The first-order valence-electron chi connectivity index (χ1n) is 4.28. The van der Waals surface area contributed by atoms with Crippen LogP contribution in [0.2, 0.25) is 0 Å². The molecule has 0 saturated carbocycles. The molecule has 2 heteroatoms. The van der Waals surface area contributed by atoms with E-state index in [2.05, 4.69) is 12.2 Å². The molecule has 0 bridgehead atoms. The Kier molecular flexibility index (Phi) is 3.16. The zero-order chi connectivity index (χ0) is 7.40. The average Bonchev–Trinajstić information content (AvgIpc) is 2.05. The second-order valence-electron chi connectivity index (χ2n) is 3.27. The largest absolute Gasteiger partial charge is 0.330 e. The fraction of sp³-hybridized carbons (Fsp3) is 1.00. The van der Waals surface area contributed by atoms with Gasteiger partial charge in [-0.3, -0.25) is 0 Å². The Balaban J connectivity index is 2.24. The van der Waals surface area contributed by atoms with E-state index < -0.39 is 0 Å². The molecule has 0 aromatic heterocycles. The van der Waals surface area contributed by atoms with Crippen molar-refractivity contribution in [2.24, 2.45) is 11.7 Å². The Morgan fingerprint density at radius 1 is 1.60 bits per heavy atom. The smallest absolute Gasteiger partial charge is 0.0105 e. The summed E-state index contributed by atoms with van der Waals surface area (Å²) in [6.07, 6.45) is 4.04. The van der Waals surface area contributed by atoms with Crippen molar-refractivity contribution in [3.8, 4) is 0 Å². The van der Waals surface area contributed by atoms with Gasteiger partial charge in [0, 0.05) is 6.04 Å². The molecule has 2 nitrogen and oxygen atoms in total. The third-order valence-electron chi connectivity index (χ3n) is 2.41. The molecule has 3 N–H and O–H groups in total. The molecule has 1 aliphatic heterocycles. The summed E-state index contributed by atoms with van der Waals surface area (Å²) in [6.45, 7) is 4.23. The van der Waals surface area contributed by atoms with Crippen molar-refractivity contribution in [2.45, 2.75) is 32.2 Å². The highest BCUT2D eigenvalue weighted by atomic mass is 14.9. The van der Waals surface area contributed by atoms with E-state index in [1.165, 1.54) is 25.8 Å². The molecule has 2 atom stereocenters. The third kappa shape index (κ3) is 1.96. The van der Waals surface area contributed by atoms with Crippen LogP contribution < -0.4 is 11.1 Å². The van der Waals surface area contributed by atoms with Crippen molar-refractivity contribution in [2.75, 3.05) is 13.1 Å². The van der Waals surface area contributed by atoms with Crippen LogP contribution in [-0.2, 0) is 0 Å². The van der Waals surface area contributed by atoms with Crippen LogP contribution in [0.3, 0.4) is 0 Å². The lowest BCUT2D eigenvalue weighted by atomic mass is 9.94. The average molecular weight is 142 g/mol. The molecule has 1 rings (SSSR count). The highest BCUT2D eigenvalue weighted by Gasteiger charge is 2.17. The first-order valence-corrected chi connectivity index (χ1v) is 4.28. The van der Waals surface area contributed by atoms with Crippen LogP contribution in [-0.4, -0.2) is 19.1 Å². The van der Waals surface area contributed by atoms with Crippen LogP contribution in [0.5, 0.6) is 0 Å². The topological polar surface area (TPSA) is 38.0 Å². The number of piperidine rings is 1. The van der Waals surface area contributed by atoms with Crippen LogP contribution in [0, 0.1) is 5.92 Å². The molecule has 1 aliphatic rings. The predicted octanol–water partition coefficient (Wildman–Crippen LogP) is 0.723. The Hall–Kier alpha value is -0.0800. The van der Waals surface area contributed by atoms with Crippen LogP contribution in [0.1, 0.15) is 26.2 Å². The van der Waals surface area contributed by atoms with E-state index in [9.17, 15) is 0 Å². The lowest BCUT2D eigenvalue weighted by molar-refractivity contribution is 0.315. The Morgan fingerprint density at radius 2 is 2.40 bits per heavy atom. The molecule has 0 aromatic rings. The summed E-state index contributed by atoms with van der Waals surface area (Å²) in [6, 6.07) is 0.693. The first kappa shape index (κ1) is 8.02. The number of hydrogen-bond acceptors (Lipinski definition) is 2. The fourth-order valence-electron chi connectivity index (χ4n) is 1.53. The van der Waals surface area contributed by atoms with Gasteiger partial charge in [0.1, 0.15) is 0 Å². The molecular formula is C8H18N2. The van der Waals surface area contributed by atoms with Crippen LogP contribution >= 0.6 is 0 Å². The van der Waals surface area contributed by atoms with Gasteiger partial charge in [-0.2, -0.15) is 0 Å². The summed E-state index contributed by atoms with van der Waals surface area (Å²) in [5.41, 5.74) is 5.56. The molecule has 0 aliphatic carbocycles. The second-order valence-corrected chi connectivity index (χ2v) is 3.27. The van der Waals surface area contributed by atoms with Crippen molar-refractivity contribution in [3.63, 3.8) is 0 Å². The summed E-state index contributed by atoms with van der Waals surface area (Å²) in [5.74, 6) is 0.653. The number of nitrogens with two attached hydrogens (primary N) is 1. The second kappa shape index (κ2) is 3.94. The van der Waals surface area contributed by atoms with Crippen molar-refractivity contribution >= 4 is 0 Å². The summed E-state index contributed by atoms with van der Waals surface area (Å²) < 4.78 is 0. The van der Waals surface area contributed by atoms with Gasteiger partial charge in [0.05, 0.1) is 0 Å². The standard InChI is InChI=1S/C8H18N2/c1-7(6-9)8-4-2-3-5-10-8/h7-8,10H,2-6,9H2,1H3. The molecule has 0 aromatic carbocycles. The molecular weight excluding hydrogens is 124 g/mol. The molecule has 1 heterocycles. The van der Waals surface area contributed by atoms with Crippen molar-refractivity contribution in [1.82, 2.24) is 5.32 Å². The Morgan fingerprint density at radius 3 is 2.90 bits per heavy atom. The molecule has 10 heavy (non-hydrogen) atoms. The minimum absolute atomic E-state index is 0.653. The minimum atomic E-state index is 0.653. The van der Waals surface area contributed by atoms with Gasteiger partial charge >= 0.3 is 0 Å². The van der Waals surface area contributed by atoms with Crippen molar-refractivity contribution < 1.29 is 0 Å². The van der Waals surface area contributed by atoms with E-state index >= 15 is 0 Å². The van der Waals surface area contributed by atoms with Crippen LogP contribution in [0.25, 0.3) is 0 Å². The van der Waals surface area contributed by atoms with E-state index in [1.54, 1.807) is 0 Å². The van der Waals surface area contributed by atoms with Crippen LogP contribution in [0.4, 0.5) is 0 Å². The maximum absolute atomic E-state index is 5.56. The molecule has 1 saturated heterocycles. The van der Waals surface area contributed by atoms with E-state index in [4.69, 9.17) is 5.73 Å². The first-order chi connectivity index (χ1) is 4.84. The lowest BCUT2D eigenvalue weighted by Crippen LogP contribution is -2.41. The van der Waals surface area contributed by atoms with Gasteiger partial charge < -0.3 is 11.1 Å². The normalized spacial score (nSPS) is 30.0. The Bertz CT molecular complexity index is 87.3. The summed E-state index contributed by atoms with van der Waals surface area (Å²) in [7, 11) is 0. The molecule has 0 amide bonds. The fourth-order valence-corrected chi connectivity index (χ4v) is 1.53. The van der Waals surface area contributed by atoms with Gasteiger partial charge in [0.15, 0.2) is 0 Å². The number of nitrogens with one attached hydrogen (secondary N) is 1. The molecule has 2 unspecified atom stereocenters. The lowest BCUT2D eigenvalue weighted by Gasteiger charge is -2.27. The molecule has 0 radical (unpaired) electrons. The monoisotopic (exact) mass is 142 g/mol. The van der Waals surface area contributed by atoms with Crippen molar-refractivity contribution in [1.29, 1.82) is 0 Å². The van der Waals surface area contributed by atoms with E-state index in [-0.39, 0.29) is 0 Å². The highest BCUT2D eigenvalue weighted by molar-refractivity contribution is 4.77. The van der Waals surface area contributed by atoms with E-state index in [0.29, 0.717) is 12.0 Å². The van der Waals surface area contributed by atoms with Crippen molar-refractivity contribution in [3.05, 3.63) is 0 Å². The quantitative estimate of drug-likeness (QED) is 0.596. The highest BCUT2D eigenvalue weighted by Crippen LogP contribution is 2.13. The SMILES string of the molecule is CC(CN)C1CCCCN1. The van der Waals surface area contributed by atoms with Gasteiger partial charge in [-0.15, -0.1) is 0 Å². The third-order valence-corrected chi connectivity index (χ3v) is 2.41. The Labute approximate surface area is 63.2 Å². The van der Waals surface area contributed by atoms with Gasteiger partial charge in [-0.05, 0) is 31.8 Å². The summed E-state index contributed by atoms with van der Waals surface area (Å²) >= 11 is 0. The predicted molar refractivity (Wildman–Crippen MR) is 43.9 cm³/mol.